The molecular formula is C9H18N4O2S. The highest BCUT2D eigenvalue weighted by molar-refractivity contribution is 7.89. The fraction of sp³-hybridized carbons (Fsp3) is 0.667. The van der Waals surface area contributed by atoms with Crippen LogP contribution in [0.4, 0.5) is 0 Å². The first-order chi connectivity index (χ1) is 7.52. The molecule has 0 radical (unpaired) electrons. The van der Waals surface area contributed by atoms with E-state index in [1.165, 1.54) is 11.4 Å². The zero-order valence-corrected chi connectivity index (χ0v) is 10.4. The van der Waals surface area contributed by atoms with E-state index in [9.17, 15) is 8.42 Å². The molecule has 1 aromatic heterocycles. The van der Waals surface area contributed by atoms with E-state index in [0.717, 1.165) is 0 Å². The summed E-state index contributed by atoms with van der Waals surface area (Å²) >= 11 is 0. The van der Waals surface area contributed by atoms with Gasteiger partial charge in [-0.2, -0.15) is 4.31 Å². The Morgan fingerprint density at radius 3 is 2.75 bits per heavy atom. The molecule has 0 spiro atoms. The smallest absolute Gasteiger partial charge is 0.218 e. The molecule has 3 N–H and O–H groups in total. The van der Waals surface area contributed by atoms with Crippen LogP contribution in [-0.4, -0.2) is 41.5 Å². The summed E-state index contributed by atoms with van der Waals surface area (Å²) in [6.45, 7) is 2.20. The van der Waals surface area contributed by atoms with Gasteiger partial charge >= 0.3 is 0 Å². The Morgan fingerprint density at radius 2 is 2.31 bits per heavy atom. The molecule has 1 rings (SSSR count). The molecule has 0 fully saturated rings. The van der Waals surface area contributed by atoms with Gasteiger partial charge in [0.1, 0.15) is 5.82 Å². The Kier molecular flexibility index (Phi) is 4.45. The van der Waals surface area contributed by atoms with Crippen molar-refractivity contribution in [3.05, 3.63) is 18.2 Å². The number of sulfonamides is 1. The fourth-order valence-corrected chi connectivity index (χ4v) is 2.91. The number of nitrogens with zero attached hydrogens (tertiary/aromatic N) is 2. The summed E-state index contributed by atoms with van der Waals surface area (Å²) in [4.78, 5) is 6.85. The highest BCUT2D eigenvalue weighted by Gasteiger charge is 2.27. The Morgan fingerprint density at radius 1 is 1.62 bits per heavy atom. The highest BCUT2D eigenvalue weighted by Crippen LogP contribution is 2.11. The fourth-order valence-electron chi connectivity index (χ4n) is 1.44. The topological polar surface area (TPSA) is 92.1 Å². The molecule has 92 valence electrons. The minimum Gasteiger partial charge on any atom is -0.347 e. The molecular weight excluding hydrogens is 228 g/mol. The van der Waals surface area contributed by atoms with E-state index in [0.29, 0.717) is 12.2 Å². The van der Waals surface area contributed by atoms with Crippen LogP contribution in [0.5, 0.6) is 0 Å². The van der Waals surface area contributed by atoms with E-state index >= 15 is 0 Å². The molecule has 1 heterocycles. The SMILES string of the molecule is CCC(CN)S(=O)(=O)N(C)Cc1ncc[nH]1. The van der Waals surface area contributed by atoms with Crippen LogP contribution in [0.3, 0.4) is 0 Å². The van der Waals surface area contributed by atoms with Crippen molar-refractivity contribution < 1.29 is 8.42 Å². The number of imidazole rings is 1. The number of aromatic nitrogens is 2. The lowest BCUT2D eigenvalue weighted by molar-refractivity contribution is 0.445. The number of hydrogen-bond acceptors (Lipinski definition) is 4. The minimum atomic E-state index is -3.33. The molecule has 0 aromatic carbocycles. The first kappa shape index (κ1) is 13.1. The van der Waals surface area contributed by atoms with Crippen molar-refractivity contribution in [3.8, 4) is 0 Å². The van der Waals surface area contributed by atoms with Crippen LogP contribution in [0.1, 0.15) is 19.2 Å². The van der Waals surface area contributed by atoms with Crippen LogP contribution in [0.15, 0.2) is 12.4 Å². The zero-order chi connectivity index (χ0) is 12.2. The van der Waals surface area contributed by atoms with Crippen molar-refractivity contribution in [3.63, 3.8) is 0 Å². The second kappa shape index (κ2) is 5.42. The first-order valence-corrected chi connectivity index (χ1v) is 6.66. The third-order valence-corrected chi connectivity index (χ3v) is 4.87. The van der Waals surface area contributed by atoms with Gasteiger partial charge in [0, 0.05) is 26.0 Å². The third kappa shape index (κ3) is 2.81. The summed E-state index contributed by atoms with van der Waals surface area (Å²) in [5, 5.41) is -0.521. The Bertz CT molecular complexity index is 397. The summed E-state index contributed by atoms with van der Waals surface area (Å²) in [5.74, 6) is 0.623. The van der Waals surface area contributed by atoms with Crippen LogP contribution in [-0.2, 0) is 16.6 Å². The molecule has 16 heavy (non-hydrogen) atoms. The van der Waals surface area contributed by atoms with Gasteiger partial charge in [0.2, 0.25) is 10.0 Å². The van der Waals surface area contributed by atoms with E-state index in [-0.39, 0.29) is 13.1 Å². The molecule has 6 nitrogen and oxygen atoms in total. The van der Waals surface area contributed by atoms with E-state index in [1.807, 2.05) is 6.92 Å². The quantitative estimate of drug-likeness (QED) is 0.733. The normalized spacial score (nSPS) is 14.2. The molecule has 1 atom stereocenters. The average molecular weight is 246 g/mol. The maximum Gasteiger partial charge on any atom is 0.218 e. The lowest BCUT2D eigenvalue weighted by atomic mass is 10.3. The highest BCUT2D eigenvalue weighted by atomic mass is 32.2. The standard InChI is InChI=1S/C9H18N4O2S/c1-3-8(6-10)16(14,15)13(2)7-9-11-4-5-12-9/h4-5,8H,3,6-7,10H2,1-2H3,(H,11,12). The van der Waals surface area contributed by atoms with E-state index in [1.54, 1.807) is 12.4 Å². The maximum atomic E-state index is 12.0. The molecule has 1 aromatic rings. The minimum absolute atomic E-state index is 0.140. The molecule has 0 saturated carbocycles. The Hall–Kier alpha value is -0.920. The predicted molar refractivity (Wildman–Crippen MR) is 62.1 cm³/mol. The molecule has 0 amide bonds. The summed E-state index contributed by atoms with van der Waals surface area (Å²) in [7, 11) is -1.79. The Balaban J connectivity index is 2.76. The van der Waals surface area contributed by atoms with Crippen LogP contribution in [0.2, 0.25) is 0 Å². The van der Waals surface area contributed by atoms with Crippen molar-refractivity contribution in [1.29, 1.82) is 0 Å². The number of H-pyrrole nitrogens is 1. The van der Waals surface area contributed by atoms with Crippen molar-refractivity contribution in [2.24, 2.45) is 5.73 Å². The molecule has 1 unspecified atom stereocenters. The van der Waals surface area contributed by atoms with Gasteiger partial charge in [0.05, 0.1) is 11.8 Å². The van der Waals surface area contributed by atoms with Crippen molar-refractivity contribution in [2.75, 3.05) is 13.6 Å². The average Bonchev–Trinajstić information content (AvgIpc) is 2.71. The van der Waals surface area contributed by atoms with Gasteiger partial charge in [-0.25, -0.2) is 13.4 Å². The summed E-state index contributed by atoms with van der Waals surface area (Å²) in [6, 6.07) is 0. The number of rotatable bonds is 6. The molecule has 0 bridgehead atoms. The monoisotopic (exact) mass is 246 g/mol. The molecule has 0 aliphatic rings. The number of nitrogens with two attached hydrogens (primary N) is 1. The van der Waals surface area contributed by atoms with E-state index < -0.39 is 15.3 Å². The van der Waals surface area contributed by atoms with Gasteiger partial charge in [0.15, 0.2) is 0 Å². The molecule has 0 aliphatic carbocycles. The van der Waals surface area contributed by atoms with Crippen LogP contribution in [0, 0.1) is 0 Å². The second-order valence-electron chi connectivity index (χ2n) is 3.60. The van der Waals surface area contributed by atoms with Gasteiger partial charge in [0.25, 0.3) is 0 Å². The third-order valence-electron chi connectivity index (χ3n) is 2.50. The van der Waals surface area contributed by atoms with Gasteiger partial charge in [-0.05, 0) is 6.42 Å². The molecule has 0 saturated heterocycles. The van der Waals surface area contributed by atoms with Crippen LogP contribution < -0.4 is 5.73 Å². The number of aromatic amines is 1. The van der Waals surface area contributed by atoms with Crippen LogP contribution in [0.25, 0.3) is 0 Å². The number of hydrogen-bond donors (Lipinski definition) is 2. The van der Waals surface area contributed by atoms with Crippen molar-refractivity contribution in [1.82, 2.24) is 14.3 Å². The zero-order valence-electron chi connectivity index (χ0n) is 9.55. The number of nitrogens with one attached hydrogen (secondary N) is 1. The Labute approximate surface area is 95.9 Å². The van der Waals surface area contributed by atoms with Crippen LogP contribution >= 0.6 is 0 Å². The second-order valence-corrected chi connectivity index (χ2v) is 5.92. The lowest BCUT2D eigenvalue weighted by Gasteiger charge is -2.21. The molecule has 0 aliphatic heterocycles. The predicted octanol–water partition coefficient (Wildman–Crippen LogP) is -0.0914. The van der Waals surface area contributed by atoms with Crippen molar-refractivity contribution >= 4 is 10.0 Å². The molecule has 7 heteroatoms. The summed E-state index contributed by atoms with van der Waals surface area (Å²) in [6.07, 6.45) is 3.77. The van der Waals surface area contributed by atoms with Gasteiger partial charge < -0.3 is 10.7 Å². The van der Waals surface area contributed by atoms with E-state index in [2.05, 4.69) is 9.97 Å². The first-order valence-electron chi connectivity index (χ1n) is 5.15. The van der Waals surface area contributed by atoms with Gasteiger partial charge in [-0.3, -0.25) is 0 Å². The lowest BCUT2D eigenvalue weighted by Crippen LogP contribution is -2.39. The summed E-state index contributed by atoms with van der Waals surface area (Å²) < 4.78 is 25.3. The van der Waals surface area contributed by atoms with E-state index in [4.69, 9.17) is 5.73 Å². The van der Waals surface area contributed by atoms with Gasteiger partial charge in [-0.1, -0.05) is 6.92 Å². The summed E-state index contributed by atoms with van der Waals surface area (Å²) in [5.41, 5.74) is 5.45. The van der Waals surface area contributed by atoms with Crippen molar-refractivity contribution in [2.45, 2.75) is 25.1 Å². The maximum absolute atomic E-state index is 12.0. The largest absolute Gasteiger partial charge is 0.347 e. The van der Waals surface area contributed by atoms with Gasteiger partial charge in [-0.15, -0.1) is 0 Å².